The van der Waals surface area contributed by atoms with Gasteiger partial charge < -0.3 is 4.74 Å². The Bertz CT molecular complexity index is 405. The number of rotatable bonds is 5. The Morgan fingerprint density at radius 1 is 1.37 bits per heavy atom. The molecule has 0 spiro atoms. The zero-order valence-electron chi connectivity index (χ0n) is 11.5. The number of halogens is 1. The Hall–Kier alpha value is -1.13. The van der Waals surface area contributed by atoms with Crippen LogP contribution >= 0.6 is 0 Å². The molecular weight excluding hydrogens is 243 g/mol. The third-order valence-electron chi connectivity index (χ3n) is 4.10. The van der Waals surface area contributed by atoms with Crippen molar-refractivity contribution >= 4 is 0 Å². The highest BCUT2D eigenvalue weighted by Crippen LogP contribution is 2.28. The minimum absolute atomic E-state index is 0.230. The number of benzene rings is 1. The van der Waals surface area contributed by atoms with Gasteiger partial charge in [-0.3, -0.25) is 11.3 Å². The van der Waals surface area contributed by atoms with Crippen LogP contribution in [-0.4, -0.2) is 13.2 Å². The molecule has 0 bridgehead atoms. The van der Waals surface area contributed by atoms with Crippen LogP contribution in [0.3, 0.4) is 0 Å². The molecule has 1 aromatic carbocycles. The van der Waals surface area contributed by atoms with Crippen LogP contribution in [0.4, 0.5) is 4.39 Å². The van der Waals surface area contributed by atoms with Gasteiger partial charge in [0.2, 0.25) is 0 Å². The van der Waals surface area contributed by atoms with Crippen LogP contribution < -0.4 is 16.0 Å². The molecule has 0 radical (unpaired) electrons. The van der Waals surface area contributed by atoms with Gasteiger partial charge in [0.15, 0.2) is 11.6 Å². The van der Waals surface area contributed by atoms with E-state index in [1.54, 1.807) is 12.1 Å². The van der Waals surface area contributed by atoms with Gasteiger partial charge in [-0.1, -0.05) is 25.3 Å². The predicted molar refractivity (Wildman–Crippen MR) is 74.3 cm³/mol. The zero-order valence-corrected chi connectivity index (χ0v) is 11.5. The molecule has 2 rings (SSSR count). The van der Waals surface area contributed by atoms with Gasteiger partial charge in [-0.2, -0.15) is 0 Å². The van der Waals surface area contributed by atoms with Crippen LogP contribution in [-0.2, 0) is 6.42 Å². The lowest BCUT2D eigenvalue weighted by Crippen LogP contribution is -2.43. The van der Waals surface area contributed by atoms with Crippen molar-refractivity contribution in [1.29, 1.82) is 0 Å². The lowest BCUT2D eigenvalue weighted by atomic mass is 9.82. The van der Waals surface area contributed by atoms with E-state index in [0.29, 0.717) is 11.7 Å². The number of hydrogen-bond donors (Lipinski definition) is 2. The van der Waals surface area contributed by atoms with Gasteiger partial charge in [0.1, 0.15) is 0 Å². The van der Waals surface area contributed by atoms with E-state index < -0.39 is 0 Å². The summed E-state index contributed by atoms with van der Waals surface area (Å²) in [7, 11) is 1.48. The first-order valence-corrected chi connectivity index (χ1v) is 7.03. The molecule has 106 valence electrons. The first-order valence-electron chi connectivity index (χ1n) is 7.03. The number of hydrogen-bond acceptors (Lipinski definition) is 3. The van der Waals surface area contributed by atoms with Crippen LogP contribution in [0.15, 0.2) is 18.2 Å². The van der Waals surface area contributed by atoms with Crippen molar-refractivity contribution in [3.05, 3.63) is 29.6 Å². The first-order chi connectivity index (χ1) is 9.24. The fourth-order valence-electron chi connectivity index (χ4n) is 2.99. The van der Waals surface area contributed by atoms with Gasteiger partial charge >= 0.3 is 0 Å². The zero-order chi connectivity index (χ0) is 13.7. The van der Waals surface area contributed by atoms with E-state index in [0.717, 1.165) is 12.0 Å². The summed E-state index contributed by atoms with van der Waals surface area (Å²) in [5.74, 6) is 6.26. The maximum atomic E-state index is 13.7. The molecule has 0 heterocycles. The SMILES string of the molecule is COc1ccc(CC(NN)C2CCCCC2)cc1F. The second kappa shape index (κ2) is 6.87. The van der Waals surface area contributed by atoms with Crippen LogP contribution in [0.1, 0.15) is 37.7 Å². The van der Waals surface area contributed by atoms with Crippen LogP contribution in [0, 0.1) is 11.7 Å². The number of ether oxygens (including phenoxy) is 1. The van der Waals surface area contributed by atoms with E-state index >= 15 is 0 Å². The lowest BCUT2D eigenvalue weighted by Gasteiger charge is -2.29. The third kappa shape index (κ3) is 3.67. The molecule has 19 heavy (non-hydrogen) atoms. The maximum absolute atomic E-state index is 13.7. The Labute approximate surface area is 114 Å². The van der Waals surface area contributed by atoms with E-state index in [1.807, 2.05) is 6.07 Å². The van der Waals surface area contributed by atoms with Gasteiger partial charge in [0.25, 0.3) is 0 Å². The fourth-order valence-corrected chi connectivity index (χ4v) is 2.99. The summed E-state index contributed by atoms with van der Waals surface area (Å²) in [6.07, 6.45) is 7.08. The van der Waals surface area contributed by atoms with E-state index in [1.165, 1.54) is 39.2 Å². The van der Waals surface area contributed by atoms with Gasteiger partial charge in [-0.15, -0.1) is 0 Å². The molecule has 3 N–H and O–H groups in total. The number of nitrogens with one attached hydrogen (secondary N) is 1. The van der Waals surface area contributed by atoms with Gasteiger partial charge in [0, 0.05) is 6.04 Å². The quantitative estimate of drug-likeness (QED) is 0.636. The van der Waals surface area contributed by atoms with Crippen LogP contribution in [0.2, 0.25) is 0 Å². The summed E-state index contributed by atoms with van der Waals surface area (Å²) >= 11 is 0. The Balaban J connectivity index is 2.03. The Morgan fingerprint density at radius 2 is 2.11 bits per heavy atom. The van der Waals surface area contributed by atoms with E-state index in [-0.39, 0.29) is 11.9 Å². The molecule has 1 aliphatic rings. The smallest absolute Gasteiger partial charge is 0.165 e. The predicted octanol–water partition coefficient (Wildman–Crippen LogP) is 2.79. The summed E-state index contributed by atoms with van der Waals surface area (Å²) in [5, 5.41) is 0. The largest absolute Gasteiger partial charge is 0.494 e. The highest BCUT2D eigenvalue weighted by atomic mass is 19.1. The lowest BCUT2D eigenvalue weighted by molar-refractivity contribution is 0.268. The van der Waals surface area contributed by atoms with Crippen molar-refractivity contribution in [3.8, 4) is 5.75 Å². The van der Waals surface area contributed by atoms with E-state index in [2.05, 4.69) is 5.43 Å². The summed E-state index contributed by atoms with van der Waals surface area (Å²) < 4.78 is 18.6. The van der Waals surface area contributed by atoms with Crippen LogP contribution in [0.5, 0.6) is 5.75 Å². The van der Waals surface area contributed by atoms with Gasteiger partial charge in [-0.25, -0.2) is 4.39 Å². The van der Waals surface area contributed by atoms with Crippen molar-refractivity contribution in [2.75, 3.05) is 7.11 Å². The minimum Gasteiger partial charge on any atom is -0.494 e. The minimum atomic E-state index is -0.306. The average Bonchev–Trinajstić information content (AvgIpc) is 2.46. The van der Waals surface area contributed by atoms with Crippen molar-refractivity contribution in [2.45, 2.75) is 44.6 Å². The number of methoxy groups -OCH3 is 1. The molecule has 1 aromatic rings. The fraction of sp³-hybridized carbons (Fsp3) is 0.600. The second-order valence-electron chi connectivity index (χ2n) is 5.34. The molecular formula is C15H23FN2O. The Kier molecular flexibility index (Phi) is 5.16. The van der Waals surface area contributed by atoms with E-state index in [4.69, 9.17) is 10.6 Å². The summed E-state index contributed by atoms with van der Waals surface area (Å²) in [4.78, 5) is 0. The Morgan fingerprint density at radius 3 is 2.68 bits per heavy atom. The normalized spacial score (nSPS) is 18.3. The average molecular weight is 266 g/mol. The molecule has 1 saturated carbocycles. The van der Waals surface area contributed by atoms with E-state index in [9.17, 15) is 4.39 Å². The molecule has 0 saturated heterocycles. The summed E-state index contributed by atoms with van der Waals surface area (Å²) in [6.45, 7) is 0. The monoisotopic (exact) mass is 266 g/mol. The molecule has 1 aliphatic carbocycles. The molecule has 4 heteroatoms. The van der Waals surface area contributed by atoms with Crippen molar-refractivity contribution in [1.82, 2.24) is 5.43 Å². The van der Waals surface area contributed by atoms with Crippen molar-refractivity contribution in [2.24, 2.45) is 11.8 Å². The second-order valence-corrected chi connectivity index (χ2v) is 5.34. The molecule has 1 unspecified atom stereocenters. The number of nitrogens with two attached hydrogens (primary N) is 1. The molecule has 0 amide bonds. The molecule has 1 fully saturated rings. The molecule has 0 aromatic heterocycles. The van der Waals surface area contributed by atoms with Gasteiger partial charge in [-0.05, 0) is 42.9 Å². The first kappa shape index (κ1) is 14.3. The molecule has 1 atom stereocenters. The topological polar surface area (TPSA) is 47.3 Å². The highest BCUT2D eigenvalue weighted by molar-refractivity contribution is 5.29. The van der Waals surface area contributed by atoms with Crippen LogP contribution in [0.25, 0.3) is 0 Å². The third-order valence-corrected chi connectivity index (χ3v) is 4.10. The van der Waals surface area contributed by atoms with Gasteiger partial charge in [0.05, 0.1) is 7.11 Å². The summed E-state index contributed by atoms with van der Waals surface area (Å²) in [6, 6.07) is 5.37. The molecule has 3 nitrogen and oxygen atoms in total. The van der Waals surface area contributed by atoms with Crippen molar-refractivity contribution < 1.29 is 9.13 Å². The summed E-state index contributed by atoms with van der Waals surface area (Å²) in [5.41, 5.74) is 3.88. The highest BCUT2D eigenvalue weighted by Gasteiger charge is 2.23. The molecule has 0 aliphatic heterocycles. The number of hydrazine groups is 1. The standard InChI is InChI=1S/C15H23FN2O/c1-19-15-8-7-11(9-13(15)16)10-14(18-17)12-5-3-2-4-6-12/h7-9,12,14,18H,2-6,10,17H2,1H3. The van der Waals surface area contributed by atoms with Crippen molar-refractivity contribution in [3.63, 3.8) is 0 Å². The maximum Gasteiger partial charge on any atom is 0.165 e.